The summed E-state index contributed by atoms with van der Waals surface area (Å²) in [5.41, 5.74) is 0. The Kier molecular flexibility index (Phi) is 3.98. The molecule has 5 nitrogen and oxygen atoms in total. The van der Waals surface area contributed by atoms with Gasteiger partial charge in [-0.15, -0.1) is 11.3 Å². The number of nitrogens with zero attached hydrogens (tertiary/aromatic N) is 2. The van der Waals surface area contributed by atoms with Crippen molar-refractivity contribution in [3.05, 3.63) is 22.3 Å². The molecule has 0 bridgehead atoms. The molecule has 2 N–H and O–H groups in total. The van der Waals surface area contributed by atoms with Gasteiger partial charge in [0.05, 0.1) is 4.88 Å². The highest BCUT2D eigenvalue weighted by molar-refractivity contribution is 7.71. The van der Waals surface area contributed by atoms with Crippen LogP contribution in [0.3, 0.4) is 0 Å². The van der Waals surface area contributed by atoms with Gasteiger partial charge >= 0.3 is 0 Å². The zero-order chi connectivity index (χ0) is 13.9. The van der Waals surface area contributed by atoms with E-state index in [0.29, 0.717) is 23.7 Å². The molecule has 0 saturated heterocycles. The molecular weight excluding hydrogens is 292 g/mol. The van der Waals surface area contributed by atoms with Crippen molar-refractivity contribution in [1.82, 2.24) is 20.1 Å². The Bertz CT molecular complexity index is 640. The van der Waals surface area contributed by atoms with Crippen molar-refractivity contribution in [3.8, 4) is 10.7 Å². The van der Waals surface area contributed by atoms with Crippen molar-refractivity contribution in [2.45, 2.75) is 25.8 Å². The number of nitrogens with one attached hydrogen (secondary N) is 2. The number of thiophene rings is 1. The summed E-state index contributed by atoms with van der Waals surface area (Å²) in [4.78, 5) is 12.8. The first-order valence-electron chi connectivity index (χ1n) is 6.70. The van der Waals surface area contributed by atoms with E-state index in [9.17, 15) is 4.79 Å². The third-order valence-electron chi connectivity index (χ3n) is 3.35. The summed E-state index contributed by atoms with van der Waals surface area (Å²) < 4.78 is 2.45. The normalized spacial score (nSPS) is 14.4. The molecule has 1 aliphatic carbocycles. The summed E-state index contributed by atoms with van der Waals surface area (Å²) >= 11 is 6.84. The van der Waals surface area contributed by atoms with E-state index >= 15 is 0 Å². The van der Waals surface area contributed by atoms with Crippen LogP contribution in [0.1, 0.15) is 19.3 Å². The summed E-state index contributed by atoms with van der Waals surface area (Å²) in [6.45, 7) is 1.37. The Labute approximate surface area is 126 Å². The van der Waals surface area contributed by atoms with Gasteiger partial charge in [-0.3, -0.25) is 14.5 Å². The Balaban J connectivity index is 1.63. The number of hydrogen-bond acceptors (Lipinski definition) is 4. The van der Waals surface area contributed by atoms with Crippen LogP contribution in [0.4, 0.5) is 0 Å². The second-order valence-electron chi connectivity index (χ2n) is 4.98. The Hall–Kier alpha value is -1.47. The highest BCUT2D eigenvalue weighted by atomic mass is 32.1. The summed E-state index contributed by atoms with van der Waals surface area (Å²) in [6.07, 6.45) is 2.92. The second kappa shape index (κ2) is 5.88. The van der Waals surface area contributed by atoms with E-state index in [1.807, 2.05) is 22.1 Å². The van der Waals surface area contributed by atoms with E-state index in [-0.39, 0.29) is 5.91 Å². The van der Waals surface area contributed by atoms with E-state index < -0.39 is 0 Å². The number of amides is 1. The van der Waals surface area contributed by atoms with E-state index in [0.717, 1.165) is 17.2 Å². The fourth-order valence-corrected chi connectivity index (χ4v) is 2.95. The molecule has 0 aromatic carbocycles. The molecule has 1 amide bonds. The molecule has 0 unspecified atom stereocenters. The maximum Gasteiger partial charge on any atom is 0.221 e. The van der Waals surface area contributed by atoms with Crippen molar-refractivity contribution in [2.75, 3.05) is 6.54 Å². The summed E-state index contributed by atoms with van der Waals surface area (Å²) in [5.74, 6) is 1.59. The molecule has 0 radical (unpaired) electrons. The number of aromatic nitrogens is 3. The van der Waals surface area contributed by atoms with E-state index in [1.54, 1.807) is 11.3 Å². The highest BCUT2D eigenvalue weighted by Crippen LogP contribution is 2.27. The topological polar surface area (TPSA) is 62.7 Å². The highest BCUT2D eigenvalue weighted by Gasteiger charge is 2.21. The molecule has 0 aliphatic heterocycles. The van der Waals surface area contributed by atoms with Gasteiger partial charge in [0.15, 0.2) is 10.6 Å². The lowest BCUT2D eigenvalue weighted by molar-refractivity contribution is -0.121. The molecule has 3 rings (SSSR count). The number of carbonyl (C=O) groups excluding carboxylic acids is 1. The first kappa shape index (κ1) is 13.5. The Morgan fingerprint density at radius 2 is 2.45 bits per heavy atom. The number of rotatable bonds is 6. The SMILES string of the molecule is O=C(CCn1c(-c2cccs2)n[nH]c1=S)NCC1CC1. The smallest absolute Gasteiger partial charge is 0.221 e. The monoisotopic (exact) mass is 308 g/mol. The largest absolute Gasteiger partial charge is 0.356 e. The molecule has 0 atom stereocenters. The van der Waals surface area contributed by atoms with Crippen LogP contribution in [0.5, 0.6) is 0 Å². The van der Waals surface area contributed by atoms with Crippen LogP contribution in [0.15, 0.2) is 17.5 Å². The average molecular weight is 308 g/mol. The quantitative estimate of drug-likeness (QED) is 0.806. The molecule has 1 aliphatic rings. The minimum Gasteiger partial charge on any atom is -0.356 e. The van der Waals surface area contributed by atoms with E-state index in [2.05, 4.69) is 15.5 Å². The summed E-state index contributed by atoms with van der Waals surface area (Å²) in [5, 5.41) is 12.0. The van der Waals surface area contributed by atoms with Crippen LogP contribution < -0.4 is 5.32 Å². The van der Waals surface area contributed by atoms with Gasteiger partial charge in [-0.2, -0.15) is 5.10 Å². The minimum atomic E-state index is 0.0807. The molecule has 0 spiro atoms. The fraction of sp³-hybridized carbons (Fsp3) is 0.462. The van der Waals surface area contributed by atoms with Crippen molar-refractivity contribution in [2.24, 2.45) is 5.92 Å². The van der Waals surface area contributed by atoms with Gasteiger partial charge in [0, 0.05) is 19.5 Å². The lowest BCUT2D eigenvalue weighted by atomic mass is 10.3. The molecule has 1 saturated carbocycles. The van der Waals surface area contributed by atoms with Gasteiger partial charge in [0.25, 0.3) is 0 Å². The predicted octanol–water partition coefficient (Wildman–Crippen LogP) is 2.59. The van der Waals surface area contributed by atoms with Crippen LogP contribution in [-0.4, -0.2) is 27.2 Å². The molecule has 7 heteroatoms. The number of carbonyl (C=O) groups is 1. The lowest BCUT2D eigenvalue weighted by Gasteiger charge is -2.06. The van der Waals surface area contributed by atoms with Crippen molar-refractivity contribution < 1.29 is 4.79 Å². The fourth-order valence-electron chi connectivity index (χ4n) is 2.00. The van der Waals surface area contributed by atoms with Crippen LogP contribution in [0.25, 0.3) is 10.7 Å². The van der Waals surface area contributed by atoms with E-state index in [1.165, 1.54) is 12.8 Å². The minimum absolute atomic E-state index is 0.0807. The zero-order valence-electron chi connectivity index (χ0n) is 11.0. The predicted molar refractivity (Wildman–Crippen MR) is 81.1 cm³/mol. The van der Waals surface area contributed by atoms with Gasteiger partial charge in [-0.1, -0.05) is 6.07 Å². The third-order valence-corrected chi connectivity index (χ3v) is 4.52. The molecule has 2 aromatic rings. The first-order chi connectivity index (χ1) is 9.74. The van der Waals surface area contributed by atoms with Gasteiger partial charge in [-0.25, -0.2) is 0 Å². The van der Waals surface area contributed by atoms with Crippen molar-refractivity contribution in [3.63, 3.8) is 0 Å². The van der Waals surface area contributed by atoms with Gasteiger partial charge in [-0.05, 0) is 42.4 Å². The molecule has 106 valence electrons. The summed E-state index contributed by atoms with van der Waals surface area (Å²) in [6, 6.07) is 3.98. The molecular formula is C13H16N4OS2. The second-order valence-corrected chi connectivity index (χ2v) is 6.31. The van der Waals surface area contributed by atoms with Gasteiger partial charge in [0.2, 0.25) is 5.91 Å². The maximum absolute atomic E-state index is 11.8. The van der Waals surface area contributed by atoms with Crippen molar-refractivity contribution in [1.29, 1.82) is 0 Å². The first-order valence-corrected chi connectivity index (χ1v) is 7.98. The van der Waals surface area contributed by atoms with Gasteiger partial charge < -0.3 is 5.32 Å². The molecule has 2 aromatic heterocycles. The van der Waals surface area contributed by atoms with Crippen molar-refractivity contribution >= 4 is 29.5 Å². The zero-order valence-corrected chi connectivity index (χ0v) is 12.6. The third kappa shape index (κ3) is 3.16. The van der Waals surface area contributed by atoms with Crippen LogP contribution >= 0.6 is 23.6 Å². The number of H-pyrrole nitrogens is 1. The summed E-state index contributed by atoms with van der Waals surface area (Å²) in [7, 11) is 0. The Morgan fingerprint density at radius 3 is 3.15 bits per heavy atom. The van der Waals surface area contributed by atoms with Crippen LogP contribution in [0, 0.1) is 10.7 Å². The molecule has 20 heavy (non-hydrogen) atoms. The lowest BCUT2D eigenvalue weighted by Crippen LogP contribution is -2.26. The van der Waals surface area contributed by atoms with Crippen LogP contribution in [0.2, 0.25) is 0 Å². The van der Waals surface area contributed by atoms with Crippen LogP contribution in [-0.2, 0) is 11.3 Å². The molecule has 2 heterocycles. The average Bonchev–Trinajstić information content (AvgIpc) is 2.96. The number of hydrogen-bond donors (Lipinski definition) is 2. The number of aromatic amines is 1. The van der Waals surface area contributed by atoms with E-state index in [4.69, 9.17) is 12.2 Å². The van der Waals surface area contributed by atoms with Gasteiger partial charge in [0.1, 0.15) is 0 Å². The molecule has 1 fully saturated rings. The Morgan fingerprint density at radius 1 is 1.60 bits per heavy atom. The standard InChI is InChI=1S/C13H16N4OS2/c18-11(14-8-9-3-4-9)5-6-17-12(15-16-13(17)19)10-2-1-7-20-10/h1-2,7,9H,3-6,8H2,(H,14,18)(H,16,19). The maximum atomic E-state index is 11.8.